The molecule has 0 aliphatic carbocycles. The highest BCUT2D eigenvalue weighted by molar-refractivity contribution is 6.24. The maximum Gasteiger partial charge on any atom is 0.165 e. The SMILES string of the molecule is c1ccc(-c2nc(-c3ccccc3)nc(-c3ccc(-c4ccc5c(ccc6c5ccc5c7ccccc7ccc56)c4)cc3)n2)cc1.c1ccc(-c2nc(-c3ccccc3)nc(-c3ccc(-c4ccc5c(ccc6c5ccc5c7ccccc7ccc56)c4)nc3)n2)cc1. The Balaban J connectivity index is 0.000000141. The summed E-state index contributed by atoms with van der Waals surface area (Å²) in [5.41, 5.74) is 9.89. The number of hydrogen-bond acceptors (Lipinski definition) is 7. The van der Waals surface area contributed by atoms with Crippen LogP contribution in [-0.4, -0.2) is 34.9 Å². The highest BCUT2D eigenvalue weighted by Crippen LogP contribution is 2.39. The fourth-order valence-electron chi connectivity index (χ4n) is 13.0. The molecular formula is C85H53N7. The number of hydrogen-bond donors (Lipinski definition) is 0. The second-order valence-corrected chi connectivity index (χ2v) is 23.2. The van der Waals surface area contributed by atoms with E-state index in [1.165, 1.54) is 91.7 Å². The van der Waals surface area contributed by atoms with Crippen LogP contribution in [0.15, 0.2) is 322 Å². The van der Waals surface area contributed by atoms with Crippen LogP contribution in [0.25, 0.3) is 177 Å². The number of benzene rings is 15. The fraction of sp³-hybridized carbons (Fsp3) is 0. The molecule has 0 amide bonds. The highest BCUT2D eigenvalue weighted by atomic mass is 15.0. The molecule has 0 saturated carbocycles. The van der Waals surface area contributed by atoms with Gasteiger partial charge in [-0.05, 0) is 122 Å². The van der Waals surface area contributed by atoms with E-state index >= 15 is 0 Å². The van der Waals surface area contributed by atoms with Crippen molar-refractivity contribution < 1.29 is 0 Å². The number of nitrogens with zero attached hydrogens (tertiary/aromatic N) is 7. The van der Waals surface area contributed by atoms with Crippen LogP contribution in [-0.2, 0) is 0 Å². The molecule has 0 aliphatic heterocycles. The average Bonchev–Trinajstić information content (AvgIpc) is 0.780. The number of aromatic nitrogens is 7. The molecule has 15 aromatic carbocycles. The van der Waals surface area contributed by atoms with Crippen molar-refractivity contribution in [1.82, 2.24) is 34.9 Å². The van der Waals surface area contributed by atoms with E-state index in [-0.39, 0.29) is 0 Å². The summed E-state index contributed by atoms with van der Waals surface area (Å²) in [6, 6.07) is 110. The number of rotatable bonds is 8. The Morgan fingerprint density at radius 2 is 0.413 bits per heavy atom. The molecule has 0 saturated heterocycles. The standard InChI is InChI=1S/C43H27N3.C42H26N4/c1-3-10-30(11-4-1)41-44-42(31-12-5-2-6-13-31)46-43(45-41)32-17-15-28(16-18-32)33-20-22-36-34(27-33)21-24-40-38(36)26-25-37-35-14-8-7-9-29(35)19-23-39(37)40;1-3-10-28(11-4-1)40-44-41(29-12-5-2-6-13-29)46-42(45-40)32-18-24-39(43-26-32)31-17-19-34-30(25-31)16-21-38-36(34)23-22-35-33-14-8-7-9-27(33)15-20-37(35)38/h1-27H;1-26H. The maximum atomic E-state index is 4.89. The van der Waals surface area contributed by atoms with Crippen molar-refractivity contribution in [3.05, 3.63) is 322 Å². The van der Waals surface area contributed by atoms with E-state index < -0.39 is 0 Å². The molecule has 0 N–H and O–H groups in total. The lowest BCUT2D eigenvalue weighted by Crippen LogP contribution is -2.00. The first-order valence-corrected chi connectivity index (χ1v) is 30.9. The van der Waals surface area contributed by atoms with Gasteiger partial charge in [-0.3, -0.25) is 4.98 Å². The minimum atomic E-state index is 0.594. The van der Waals surface area contributed by atoms with Crippen LogP contribution in [0.5, 0.6) is 0 Å². The summed E-state index contributed by atoms with van der Waals surface area (Å²) in [5.74, 6) is 3.85. The lowest BCUT2D eigenvalue weighted by molar-refractivity contribution is 1.07. The molecule has 0 spiro atoms. The average molecular weight is 1170 g/mol. The van der Waals surface area contributed by atoms with Gasteiger partial charge in [-0.15, -0.1) is 0 Å². The van der Waals surface area contributed by atoms with Gasteiger partial charge in [0.2, 0.25) is 0 Å². The van der Waals surface area contributed by atoms with Crippen molar-refractivity contribution in [3.63, 3.8) is 0 Å². The van der Waals surface area contributed by atoms with Gasteiger partial charge in [0.25, 0.3) is 0 Å². The molecule has 428 valence electrons. The van der Waals surface area contributed by atoms with Crippen LogP contribution in [0, 0.1) is 0 Å². The molecule has 18 rings (SSSR count). The van der Waals surface area contributed by atoms with Crippen LogP contribution in [0.2, 0.25) is 0 Å². The molecule has 0 aliphatic rings. The lowest BCUT2D eigenvalue weighted by Gasteiger charge is -2.11. The monoisotopic (exact) mass is 1170 g/mol. The van der Waals surface area contributed by atoms with Gasteiger partial charge >= 0.3 is 0 Å². The molecule has 0 bridgehead atoms. The minimum absolute atomic E-state index is 0.594. The van der Waals surface area contributed by atoms with Gasteiger partial charge in [-0.2, -0.15) is 0 Å². The first kappa shape index (κ1) is 53.8. The van der Waals surface area contributed by atoms with Crippen LogP contribution >= 0.6 is 0 Å². The van der Waals surface area contributed by atoms with E-state index in [4.69, 9.17) is 34.9 Å². The Morgan fingerprint density at radius 3 is 0.804 bits per heavy atom. The number of fused-ring (bicyclic) bond motifs is 14. The Hall–Kier alpha value is -12.5. The van der Waals surface area contributed by atoms with Crippen molar-refractivity contribution in [2.24, 2.45) is 0 Å². The summed E-state index contributed by atoms with van der Waals surface area (Å²) in [6.45, 7) is 0. The summed E-state index contributed by atoms with van der Waals surface area (Å²) in [7, 11) is 0. The predicted molar refractivity (Wildman–Crippen MR) is 381 cm³/mol. The summed E-state index contributed by atoms with van der Waals surface area (Å²) in [4.78, 5) is 34.0. The molecule has 0 fully saturated rings. The molecule has 0 unspecified atom stereocenters. The topological polar surface area (TPSA) is 90.2 Å². The van der Waals surface area contributed by atoms with Crippen LogP contribution < -0.4 is 0 Å². The summed E-state index contributed by atoms with van der Waals surface area (Å²) < 4.78 is 0. The smallest absolute Gasteiger partial charge is 0.165 e. The van der Waals surface area contributed by atoms with E-state index in [1.807, 2.05) is 140 Å². The molecule has 3 heterocycles. The Labute approximate surface area is 530 Å². The Kier molecular flexibility index (Phi) is 13.4. The lowest BCUT2D eigenvalue weighted by atomic mass is 9.93. The molecule has 7 nitrogen and oxygen atoms in total. The molecule has 18 aromatic rings. The van der Waals surface area contributed by atoms with Crippen molar-refractivity contribution in [2.75, 3.05) is 0 Å². The van der Waals surface area contributed by atoms with Crippen LogP contribution in [0.4, 0.5) is 0 Å². The molecule has 92 heavy (non-hydrogen) atoms. The van der Waals surface area contributed by atoms with Crippen molar-refractivity contribution in [1.29, 1.82) is 0 Å². The van der Waals surface area contributed by atoms with Crippen molar-refractivity contribution >= 4 is 86.2 Å². The first-order valence-electron chi connectivity index (χ1n) is 30.9. The number of pyridine rings is 1. The zero-order chi connectivity index (χ0) is 60.9. The third-order valence-corrected chi connectivity index (χ3v) is 17.7. The first-order chi connectivity index (χ1) is 45.6. The van der Waals surface area contributed by atoms with E-state index in [0.717, 1.165) is 50.2 Å². The minimum Gasteiger partial charge on any atom is -0.255 e. The van der Waals surface area contributed by atoms with Gasteiger partial charge in [0.15, 0.2) is 34.9 Å². The fourth-order valence-corrected chi connectivity index (χ4v) is 13.0. The van der Waals surface area contributed by atoms with E-state index in [2.05, 4.69) is 182 Å². The third kappa shape index (κ3) is 9.96. The highest BCUT2D eigenvalue weighted by Gasteiger charge is 2.17. The van der Waals surface area contributed by atoms with E-state index in [0.29, 0.717) is 34.9 Å². The van der Waals surface area contributed by atoms with E-state index in [1.54, 1.807) is 0 Å². The van der Waals surface area contributed by atoms with Gasteiger partial charge in [0, 0.05) is 45.1 Å². The second-order valence-electron chi connectivity index (χ2n) is 23.2. The molecule has 7 heteroatoms. The van der Waals surface area contributed by atoms with Crippen LogP contribution in [0.3, 0.4) is 0 Å². The summed E-state index contributed by atoms with van der Waals surface area (Å²) in [6.07, 6.45) is 1.86. The molecule has 0 atom stereocenters. The van der Waals surface area contributed by atoms with Crippen molar-refractivity contribution in [3.8, 4) is 90.7 Å². The quantitative estimate of drug-likeness (QED) is 0.140. The Morgan fingerprint density at radius 1 is 0.152 bits per heavy atom. The van der Waals surface area contributed by atoms with Crippen LogP contribution in [0.1, 0.15) is 0 Å². The molecule has 3 aromatic heterocycles. The maximum absolute atomic E-state index is 4.89. The predicted octanol–water partition coefficient (Wildman–Crippen LogP) is 21.7. The molecule has 0 radical (unpaired) electrons. The van der Waals surface area contributed by atoms with Gasteiger partial charge in [-0.1, -0.05) is 291 Å². The summed E-state index contributed by atoms with van der Waals surface area (Å²) >= 11 is 0. The normalized spacial score (nSPS) is 11.5. The zero-order valence-corrected chi connectivity index (χ0v) is 49.7. The van der Waals surface area contributed by atoms with Gasteiger partial charge < -0.3 is 0 Å². The van der Waals surface area contributed by atoms with E-state index in [9.17, 15) is 0 Å². The van der Waals surface area contributed by atoms with Gasteiger partial charge in [0.05, 0.1) is 5.69 Å². The van der Waals surface area contributed by atoms with Gasteiger partial charge in [-0.25, -0.2) is 29.9 Å². The third-order valence-electron chi connectivity index (χ3n) is 17.7. The Bertz CT molecular complexity index is 5370. The van der Waals surface area contributed by atoms with Crippen molar-refractivity contribution in [2.45, 2.75) is 0 Å². The largest absolute Gasteiger partial charge is 0.255 e. The summed E-state index contributed by atoms with van der Waals surface area (Å²) in [5, 5.41) is 20.3. The van der Waals surface area contributed by atoms with Gasteiger partial charge in [0.1, 0.15) is 0 Å². The zero-order valence-electron chi connectivity index (χ0n) is 49.7. The molecular weight excluding hydrogens is 1120 g/mol. The second kappa shape index (κ2) is 22.9.